The summed E-state index contributed by atoms with van der Waals surface area (Å²) in [7, 11) is -3.18. The van der Waals surface area contributed by atoms with Gasteiger partial charge in [-0.25, -0.2) is 8.42 Å². The van der Waals surface area contributed by atoms with E-state index in [2.05, 4.69) is 36.3 Å². The van der Waals surface area contributed by atoms with Gasteiger partial charge in [-0.3, -0.25) is 5.10 Å². The van der Waals surface area contributed by atoms with Gasteiger partial charge >= 0.3 is 0 Å². The molecule has 0 amide bonds. The van der Waals surface area contributed by atoms with Gasteiger partial charge in [-0.15, -0.1) is 0 Å². The Kier molecular flexibility index (Phi) is 5.59. The molecule has 0 fully saturated rings. The molecular weight excluding hydrogens is 310 g/mol. The van der Waals surface area contributed by atoms with Crippen molar-refractivity contribution in [3.8, 4) is 0 Å². The number of rotatable bonds is 7. The van der Waals surface area contributed by atoms with Crippen LogP contribution in [0.2, 0.25) is 0 Å². The number of aromatic nitrogens is 2. The van der Waals surface area contributed by atoms with E-state index < -0.39 is 9.84 Å². The molecule has 1 aromatic heterocycles. The predicted octanol–water partition coefficient (Wildman–Crippen LogP) is 2.66. The second kappa shape index (κ2) is 7.27. The zero-order chi connectivity index (χ0) is 16.9. The van der Waals surface area contributed by atoms with E-state index in [0.717, 1.165) is 11.3 Å². The zero-order valence-corrected chi connectivity index (χ0v) is 14.8. The standard InChI is InChI=1S/C17H25N3O2S/c1-17(2,3)16-14(13-19-20-16)12-18-10-7-11-23(21,22)15-8-5-4-6-9-15/h4-6,8-9,13,18H,7,10-12H2,1-3H3,(H,19,20). The van der Waals surface area contributed by atoms with Crippen molar-refractivity contribution in [2.45, 2.75) is 44.0 Å². The van der Waals surface area contributed by atoms with Crippen LogP contribution < -0.4 is 5.32 Å². The summed E-state index contributed by atoms with van der Waals surface area (Å²) in [5, 5.41) is 10.5. The van der Waals surface area contributed by atoms with E-state index in [4.69, 9.17) is 0 Å². The zero-order valence-electron chi connectivity index (χ0n) is 14.0. The highest BCUT2D eigenvalue weighted by molar-refractivity contribution is 7.91. The van der Waals surface area contributed by atoms with Gasteiger partial charge in [0.15, 0.2) is 9.84 Å². The van der Waals surface area contributed by atoms with Crippen LogP contribution in [0.5, 0.6) is 0 Å². The number of benzene rings is 1. The summed E-state index contributed by atoms with van der Waals surface area (Å²) in [4.78, 5) is 0.393. The predicted molar refractivity (Wildman–Crippen MR) is 92.1 cm³/mol. The molecule has 2 rings (SSSR count). The molecular formula is C17H25N3O2S. The molecule has 0 aliphatic rings. The summed E-state index contributed by atoms with van der Waals surface area (Å²) < 4.78 is 24.3. The third kappa shape index (κ3) is 4.91. The lowest BCUT2D eigenvalue weighted by Crippen LogP contribution is -2.21. The number of aromatic amines is 1. The number of nitrogens with one attached hydrogen (secondary N) is 2. The molecule has 0 aliphatic carbocycles. The van der Waals surface area contributed by atoms with Gasteiger partial charge in [-0.1, -0.05) is 39.0 Å². The van der Waals surface area contributed by atoms with Gasteiger partial charge in [0.25, 0.3) is 0 Å². The van der Waals surface area contributed by atoms with Crippen LogP contribution in [-0.4, -0.2) is 30.9 Å². The summed E-state index contributed by atoms with van der Waals surface area (Å²) in [6.07, 6.45) is 2.41. The third-order valence-electron chi connectivity index (χ3n) is 3.65. The van der Waals surface area contributed by atoms with Crippen LogP contribution in [-0.2, 0) is 21.8 Å². The van der Waals surface area contributed by atoms with Crippen molar-refractivity contribution in [1.82, 2.24) is 15.5 Å². The molecule has 6 heteroatoms. The van der Waals surface area contributed by atoms with E-state index in [1.54, 1.807) is 24.3 Å². The molecule has 5 nitrogen and oxygen atoms in total. The second-order valence-corrected chi connectivity index (χ2v) is 8.79. The van der Waals surface area contributed by atoms with Gasteiger partial charge in [0.1, 0.15) is 0 Å². The van der Waals surface area contributed by atoms with Crippen LogP contribution >= 0.6 is 0 Å². The van der Waals surface area contributed by atoms with Crippen LogP contribution in [0.15, 0.2) is 41.4 Å². The molecule has 0 spiro atoms. The lowest BCUT2D eigenvalue weighted by atomic mass is 9.89. The minimum atomic E-state index is -3.18. The minimum absolute atomic E-state index is 0.0180. The highest BCUT2D eigenvalue weighted by Crippen LogP contribution is 2.23. The maximum absolute atomic E-state index is 12.2. The highest BCUT2D eigenvalue weighted by atomic mass is 32.2. The summed E-state index contributed by atoms with van der Waals surface area (Å²) in [5.41, 5.74) is 2.26. The first-order chi connectivity index (χ1) is 10.8. The Bertz CT molecular complexity index is 716. The van der Waals surface area contributed by atoms with Crippen molar-refractivity contribution in [1.29, 1.82) is 0 Å². The summed E-state index contributed by atoms with van der Waals surface area (Å²) >= 11 is 0. The Balaban J connectivity index is 1.80. The van der Waals surface area contributed by atoms with Crippen molar-refractivity contribution in [3.63, 3.8) is 0 Å². The smallest absolute Gasteiger partial charge is 0.178 e. The second-order valence-electron chi connectivity index (χ2n) is 6.68. The molecule has 0 bridgehead atoms. The summed E-state index contributed by atoms with van der Waals surface area (Å²) in [6.45, 7) is 7.75. The van der Waals surface area contributed by atoms with E-state index in [0.29, 0.717) is 24.4 Å². The Hall–Kier alpha value is -1.66. The van der Waals surface area contributed by atoms with Gasteiger partial charge in [0.05, 0.1) is 16.8 Å². The molecule has 1 aromatic carbocycles. The van der Waals surface area contributed by atoms with Crippen molar-refractivity contribution in [2.24, 2.45) is 0 Å². The van der Waals surface area contributed by atoms with Gasteiger partial charge < -0.3 is 5.32 Å². The lowest BCUT2D eigenvalue weighted by Gasteiger charge is -2.18. The van der Waals surface area contributed by atoms with E-state index in [-0.39, 0.29) is 11.2 Å². The third-order valence-corrected chi connectivity index (χ3v) is 5.47. The number of hydrogen-bond acceptors (Lipinski definition) is 4. The average molecular weight is 335 g/mol. The van der Waals surface area contributed by atoms with E-state index >= 15 is 0 Å². The molecule has 126 valence electrons. The molecule has 0 saturated heterocycles. The van der Waals surface area contributed by atoms with Gasteiger partial charge in [0, 0.05) is 23.2 Å². The number of hydrogen-bond donors (Lipinski definition) is 2. The quantitative estimate of drug-likeness (QED) is 0.763. The molecule has 0 aliphatic heterocycles. The van der Waals surface area contributed by atoms with Crippen molar-refractivity contribution >= 4 is 9.84 Å². The monoisotopic (exact) mass is 335 g/mol. The summed E-state index contributed by atoms with van der Waals surface area (Å²) in [6, 6.07) is 8.60. The molecule has 23 heavy (non-hydrogen) atoms. The molecule has 2 aromatic rings. The number of sulfone groups is 1. The summed E-state index contributed by atoms with van der Waals surface area (Å²) in [5.74, 6) is 0.154. The molecule has 0 saturated carbocycles. The van der Waals surface area contributed by atoms with Crippen LogP contribution in [0.1, 0.15) is 38.4 Å². The first-order valence-electron chi connectivity index (χ1n) is 7.82. The largest absolute Gasteiger partial charge is 0.313 e. The lowest BCUT2D eigenvalue weighted by molar-refractivity contribution is 0.553. The van der Waals surface area contributed by atoms with Crippen LogP contribution in [0.25, 0.3) is 0 Å². The average Bonchev–Trinajstić information content (AvgIpc) is 2.96. The van der Waals surface area contributed by atoms with E-state index in [1.807, 2.05) is 12.3 Å². The molecule has 2 N–H and O–H groups in total. The maximum atomic E-state index is 12.2. The fraction of sp³-hybridized carbons (Fsp3) is 0.471. The highest BCUT2D eigenvalue weighted by Gasteiger charge is 2.19. The normalized spacial score (nSPS) is 12.5. The number of nitrogens with zero attached hydrogens (tertiary/aromatic N) is 1. The van der Waals surface area contributed by atoms with E-state index in [9.17, 15) is 8.42 Å². The first-order valence-corrected chi connectivity index (χ1v) is 9.47. The van der Waals surface area contributed by atoms with Crippen molar-refractivity contribution in [3.05, 3.63) is 47.8 Å². The maximum Gasteiger partial charge on any atom is 0.178 e. The van der Waals surface area contributed by atoms with Crippen molar-refractivity contribution < 1.29 is 8.42 Å². The fourth-order valence-corrected chi connectivity index (χ4v) is 3.78. The minimum Gasteiger partial charge on any atom is -0.313 e. The molecule has 1 heterocycles. The van der Waals surface area contributed by atoms with Gasteiger partial charge in [-0.2, -0.15) is 5.10 Å². The SMILES string of the molecule is CC(C)(C)c1[nH]ncc1CNCCCS(=O)(=O)c1ccccc1. The fourth-order valence-electron chi connectivity index (χ4n) is 2.45. The topological polar surface area (TPSA) is 74.8 Å². The van der Waals surface area contributed by atoms with Crippen molar-refractivity contribution in [2.75, 3.05) is 12.3 Å². The Morgan fingerprint density at radius 3 is 2.52 bits per heavy atom. The molecule has 0 unspecified atom stereocenters. The van der Waals surface area contributed by atoms with Gasteiger partial charge in [0.2, 0.25) is 0 Å². The van der Waals surface area contributed by atoms with Crippen LogP contribution in [0, 0.1) is 0 Å². The van der Waals surface area contributed by atoms with E-state index in [1.165, 1.54) is 0 Å². The Labute approximate surface area is 138 Å². The number of H-pyrrole nitrogens is 1. The first kappa shape index (κ1) is 17.7. The Morgan fingerprint density at radius 2 is 1.87 bits per heavy atom. The van der Waals surface area contributed by atoms with Crippen LogP contribution in [0.3, 0.4) is 0 Å². The molecule has 0 atom stereocenters. The van der Waals surface area contributed by atoms with Gasteiger partial charge in [-0.05, 0) is 25.1 Å². The Morgan fingerprint density at radius 1 is 1.17 bits per heavy atom. The molecule has 0 radical (unpaired) electrons. The van der Waals surface area contributed by atoms with Crippen LogP contribution in [0.4, 0.5) is 0 Å².